The van der Waals surface area contributed by atoms with E-state index in [1.807, 2.05) is 19.2 Å². The van der Waals surface area contributed by atoms with Crippen LogP contribution in [0.3, 0.4) is 0 Å². The molecule has 0 aliphatic carbocycles. The maximum Gasteiger partial charge on any atom is 0.132 e. The second-order valence-electron chi connectivity index (χ2n) is 2.36. The molecule has 0 aromatic carbocycles. The minimum Gasteiger partial charge on any atom is -0.346 e. The summed E-state index contributed by atoms with van der Waals surface area (Å²) in [7, 11) is 1.77. The van der Waals surface area contributed by atoms with Crippen molar-refractivity contribution in [1.82, 2.24) is 5.32 Å². The van der Waals surface area contributed by atoms with Crippen LogP contribution in [0.4, 0.5) is 0 Å². The van der Waals surface area contributed by atoms with Gasteiger partial charge in [0.2, 0.25) is 0 Å². The maximum absolute atomic E-state index is 4.08. The van der Waals surface area contributed by atoms with Crippen LogP contribution in [0.5, 0.6) is 0 Å². The Morgan fingerprint density at radius 1 is 1.64 bits per heavy atom. The summed E-state index contributed by atoms with van der Waals surface area (Å²) in [6.07, 6.45) is 5.66. The molecule has 0 aromatic heterocycles. The van der Waals surface area contributed by atoms with Crippen LogP contribution < -0.4 is 5.32 Å². The number of nitrogens with zero attached hydrogens (tertiary/aromatic N) is 1. The zero-order valence-electron chi connectivity index (χ0n) is 6.89. The van der Waals surface area contributed by atoms with Crippen LogP contribution in [0.2, 0.25) is 0 Å². The van der Waals surface area contributed by atoms with E-state index in [4.69, 9.17) is 0 Å². The Hall–Kier alpha value is -1.31. The zero-order valence-corrected chi connectivity index (χ0v) is 6.89. The number of nitrogens with one attached hydrogen (secondary N) is 1. The molecule has 1 heterocycles. The molecule has 2 nitrogen and oxygen atoms in total. The van der Waals surface area contributed by atoms with Crippen LogP contribution >= 0.6 is 0 Å². The number of allylic oxidation sites excluding steroid dienone is 2. The summed E-state index contributed by atoms with van der Waals surface area (Å²) in [6, 6.07) is 0. The summed E-state index contributed by atoms with van der Waals surface area (Å²) in [5.41, 5.74) is 2.33. The van der Waals surface area contributed by atoms with Crippen molar-refractivity contribution in [2.75, 3.05) is 7.05 Å². The van der Waals surface area contributed by atoms with Gasteiger partial charge in [-0.15, -0.1) is 0 Å². The lowest BCUT2D eigenvalue weighted by Gasteiger charge is -1.98. The normalized spacial score (nSPS) is 23.6. The third kappa shape index (κ3) is 1.40. The van der Waals surface area contributed by atoms with Gasteiger partial charge in [-0.25, -0.2) is 0 Å². The maximum atomic E-state index is 4.08. The molecule has 0 saturated heterocycles. The molecule has 0 amide bonds. The number of amidine groups is 1. The van der Waals surface area contributed by atoms with E-state index in [9.17, 15) is 0 Å². The number of hydrogen-bond donors (Lipinski definition) is 1. The van der Waals surface area contributed by atoms with Gasteiger partial charge in [0.25, 0.3) is 0 Å². The predicted octanol–water partition coefficient (Wildman–Crippen LogP) is 1.63. The highest BCUT2D eigenvalue weighted by Gasteiger charge is 2.12. The van der Waals surface area contributed by atoms with Gasteiger partial charge < -0.3 is 5.32 Å². The standard InChI is InChI=1S/C9H12N2/c1-4-5-8-7(2)6-11-9(8)10-3/h4-6H,1H2,2-3H3,(H,10,11)/b8-5-. The first-order valence-corrected chi connectivity index (χ1v) is 3.53. The van der Waals surface area contributed by atoms with Gasteiger partial charge in [-0.3, -0.25) is 4.99 Å². The smallest absolute Gasteiger partial charge is 0.132 e. The van der Waals surface area contributed by atoms with E-state index in [0.29, 0.717) is 0 Å². The zero-order chi connectivity index (χ0) is 8.27. The number of hydrogen-bond acceptors (Lipinski definition) is 1. The van der Waals surface area contributed by atoms with Gasteiger partial charge in [-0.1, -0.05) is 18.7 Å². The fraction of sp³-hybridized carbons (Fsp3) is 0.222. The molecule has 2 heteroatoms. The lowest BCUT2D eigenvalue weighted by atomic mass is 10.1. The number of rotatable bonds is 1. The summed E-state index contributed by atoms with van der Waals surface area (Å²) >= 11 is 0. The average Bonchev–Trinajstić information content (AvgIpc) is 2.34. The minimum absolute atomic E-state index is 0.919. The molecule has 58 valence electrons. The third-order valence-electron chi connectivity index (χ3n) is 1.61. The van der Waals surface area contributed by atoms with Crippen LogP contribution in [0, 0.1) is 0 Å². The number of aliphatic imine (C=N–C) groups is 1. The highest BCUT2D eigenvalue weighted by atomic mass is 15.0. The Bertz CT molecular complexity index is 257. The summed E-state index contributed by atoms with van der Waals surface area (Å²) in [6.45, 7) is 5.68. The van der Waals surface area contributed by atoms with E-state index in [1.54, 1.807) is 13.1 Å². The van der Waals surface area contributed by atoms with Crippen LogP contribution in [0.25, 0.3) is 0 Å². The SMILES string of the molecule is C=C/C=C1/C(C)=CNC1=NC. The van der Waals surface area contributed by atoms with Crippen molar-refractivity contribution < 1.29 is 0 Å². The molecule has 1 N–H and O–H groups in total. The monoisotopic (exact) mass is 148 g/mol. The van der Waals surface area contributed by atoms with Crippen molar-refractivity contribution in [3.05, 3.63) is 36.1 Å². The highest BCUT2D eigenvalue weighted by Crippen LogP contribution is 2.14. The topological polar surface area (TPSA) is 24.4 Å². The lowest BCUT2D eigenvalue weighted by Crippen LogP contribution is -2.12. The van der Waals surface area contributed by atoms with Crippen molar-refractivity contribution in [3.63, 3.8) is 0 Å². The fourth-order valence-electron chi connectivity index (χ4n) is 1.03. The van der Waals surface area contributed by atoms with Crippen molar-refractivity contribution in [1.29, 1.82) is 0 Å². The third-order valence-corrected chi connectivity index (χ3v) is 1.61. The first-order chi connectivity index (χ1) is 5.29. The highest BCUT2D eigenvalue weighted by molar-refractivity contribution is 6.05. The molecule has 0 aromatic rings. The van der Waals surface area contributed by atoms with Crippen molar-refractivity contribution in [2.24, 2.45) is 4.99 Å². The second kappa shape index (κ2) is 3.19. The van der Waals surface area contributed by atoms with Crippen LogP contribution in [-0.2, 0) is 0 Å². The lowest BCUT2D eigenvalue weighted by molar-refractivity contribution is 1.27. The molecule has 0 bridgehead atoms. The quantitative estimate of drug-likeness (QED) is 0.600. The molecule has 0 saturated carbocycles. The Balaban J connectivity index is 2.98. The first-order valence-electron chi connectivity index (χ1n) is 3.53. The van der Waals surface area contributed by atoms with E-state index in [2.05, 4.69) is 16.9 Å². The van der Waals surface area contributed by atoms with E-state index in [-0.39, 0.29) is 0 Å². The molecule has 1 aliphatic rings. The fourth-order valence-corrected chi connectivity index (χ4v) is 1.03. The van der Waals surface area contributed by atoms with Gasteiger partial charge in [0.15, 0.2) is 0 Å². The van der Waals surface area contributed by atoms with E-state index in [1.165, 1.54) is 5.57 Å². The predicted molar refractivity (Wildman–Crippen MR) is 48.5 cm³/mol. The van der Waals surface area contributed by atoms with E-state index in [0.717, 1.165) is 11.4 Å². The van der Waals surface area contributed by atoms with Crippen LogP contribution in [0.1, 0.15) is 6.92 Å². The van der Waals surface area contributed by atoms with Crippen LogP contribution in [0.15, 0.2) is 41.1 Å². The van der Waals surface area contributed by atoms with Gasteiger partial charge in [-0.05, 0) is 12.5 Å². The van der Waals surface area contributed by atoms with Crippen molar-refractivity contribution >= 4 is 5.84 Å². The minimum atomic E-state index is 0.919. The molecule has 0 radical (unpaired) electrons. The van der Waals surface area contributed by atoms with E-state index < -0.39 is 0 Å². The molecular weight excluding hydrogens is 136 g/mol. The largest absolute Gasteiger partial charge is 0.346 e. The molecule has 0 unspecified atom stereocenters. The molecule has 1 rings (SSSR count). The molecule has 0 fully saturated rings. The molecule has 1 aliphatic heterocycles. The molecular formula is C9H12N2. The van der Waals surface area contributed by atoms with Gasteiger partial charge >= 0.3 is 0 Å². The Kier molecular flexibility index (Phi) is 2.26. The Labute approximate surface area is 67.0 Å². The summed E-state index contributed by atoms with van der Waals surface area (Å²) in [5, 5.41) is 3.06. The Morgan fingerprint density at radius 2 is 2.36 bits per heavy atom. The van der Waals surface area contributed by atoms with Gasteiger partial charge in [-0.2, -0.15) is 0 Å². The van der Waals surface area contributed by atoms with Gasteiger partial charge in [0.1, 0.15) is 5.84 Å². The summed E-state index contributed by atoms with van der Waals surface area (Å²) in [5.74, 6) is 0.919. The molecule has 0 atom stereocenters. The average molecular weight is 148 g/mol. The first kappa shape index (κ1) is 7.79. The second-order valence-corrected chi connectivity index (χ2v) is 2.36. The van der Waals surface area contributed by atoms with Crippen molar-refractivity contribution in [3.8, 4) is 0 Å². The summed E-state index contributed by atoms with van der Waals surface area (Å²) < 4.78 is 0. The molecule has 0 spiro atoms. The summed E-state index contributed by atoms with van der Waals surface area (Å²) in [4.78, 5) is 4.08. The Morgan fingerprint density at radius 3 is 2.91 bits per heavy atom. The van der Waals surface area contributed by atoms with Gasteiger partial charge in [0.05, 0.1) is 0 Å². The molecule has 11 heavy (non-hydrogen) atoms. The van der Waals surface area contributed by atoms with Crippen LogP contribution in [-0.4, -0.2) is 12.9 Å². The van der Waals surface area contributed by atoms with E-state index >= 15 is 0 Å². The van der Waals surface area contributed by atoms with Gasteiger partial charge in [0, 0.05) is 18.8 Å². The van der Waals surface area contributed by atoms with Crippen molar-refractivity contribution in [2.45, 2.75) is 6.92 Å².